The third kappa shape index (κ3) is 2.40. The molecule has 0 bridgehead atoms. The van der Waals surface area contributed by atoms with Crippen LogP contribution in [0.3, 0.4) is 0 Å². The van der Waals surface area contributed by atoms with Crippen LogP contribution in [0.15, 0.2) is 53.8 Å². The fourth-order valence-electron chi connectivity index (χ4n) is 3.93. The van der Waals surface area contributed by atoms with Gasteiger partial charge in [0.25, 0.3) is 0 Å². The van der Waals surface area contributed by atoms with E-state index in [0.29, 0.717) is 16.9 Å². The largest absolute Gasteiger partial charge is 0.374 e. The predicted molar refractivity (Wildman–Crippen MR) is 105 cm³/mol. The fourth-order valence-corrected chi connectivity index (χ4v) is 3.93. The summed E-state index contributed by atoms with van der Waals surface area (Å²) in [6, 6.07) is 12.8. The molecule has 0 amide bonds. The molecular weight excluding hydrogens is 357 g/mol. The van der Waals surface area contributed by atoms with Crippen LogP contribution in [0.2, 0.25) is 0 Å². The molecule has 1 aliphatic rings. The van der Waals surface area contributed by atoms with Gasteiger partial charge in [-0.3, -0.25) is 0 Å². The molecule has 138 valence electrons. The third-order valence-corrected chi connectivity index (χ3v) is 5.24. The molecule has 2 N–H and O–H groups in total. The molecule has 4 aromatic rings. The summed E-state index contributed by atoms with van der Waals surface area (Å²) in [7, 11) is 0. The molecule has 0 aliphatic carbocycles. The molecule has 1 unspecified atom stereocenters. The van der Waals surface area contributed by atoms with Gasteiger partial charge in [0.1, 0.15) is 12.4 Å². The van der Waals surface area contributed by atoms with Crippen LogP contribution in [0.1, 0.15) is 28.4 Å². The van der Waals surface area contributed by atoms with Gasteiger partial charge in [0.05, 0.1) is 11.7 Å². The number of benzene rings is 2. The number of nitrogens with one attached hydrogen (secondary N) is 2. The Balaban J connectivity index is 1.85. The Morgan fingerprint density at radius 1 is 1.18 bits per heavy atom. The average molecular weight is 373 g/mol. The molecule has 5 rings (SSSR count). The molecule has 28 heavy (non-hydrogen) atoms. The molecule has 1 aliphatic heterocycles. The minimum atomic E-state index is -0.234. The Kier molecular flexibility index (Phi) is 3.68. The lowest BCUT2D eigenvalue weighted by Gasteiger charge is -2.20. The van der Waals surface area contributed by atoms with Crippen molar-refractivity contribution in [3.8, 4) is 11.1 Å². The van der Waals surface area contributed by atoms with Gasteiger partial charge in [0.15, 0.2) is 5.65 Å². The second-order valence-corrected chi connectivity index (χ2v) is 6.91. The van der Waals surface area contributed by atoms with Crippen molar-refractivity contribution in [2.75, 3.05) is 5.32 Å². The lowest BCUT2D eigenvalue weighted by atomic mass is 9.95. The SMILES string of the molecule is Cc1cc(C2Nc3ccccc3-c3c(CN=O)nnc4[nH]cc2c34)ccc1F. The number of hydrogen-bond acceptors (Lipinski definition) is 5. The number of aromatic nitrogens is 3. The Labute approximate surface area is 159 Å². The maximum atomic E-state index is 13.8. The normalized spacial score (nSPS) is 15.0. The van der Waals surface area contributed by atoms with Crippen LogP contribution in [0.25, 0.3) is 22.2 Å². The van der Waals surface area contributed by atoms with Crippen molar-refractivity contribution in [2.24, 2.45) is 5.18 Å². The molecule has 2 aromatic carbocycles. The summed E-state index contributed by atoms with van der Waals surface area (Å²) in [4.78, 5) is 14.2. The molecule has 0 fully saturated rings. The third-order valence-electron chi connectivity index (χ3n) is 5.24. The van der Waals surface area contributed by atoms with E-state index in [1.807, 2.05) is 36.5 Å². The molecule has 0 spiro atoms. The summed E-state index contributed by atoms with van der Waals surface area (Å²) in [5.41, 5.74) is 6.36. The maximum absolute atomic E-state index is 13.8. The summed E-state index contributed by atoms with van der Waals surface area (Å²) in [5.74, 6) is -0.234. The molecule has 1 atom stereocenters. The first-order valence-electron chi connectivity index (χ1n) is 8.95. The maximum Gasteiger partial charge on any atom is 0.160 e. The summed E-state index contributed by atoms with van der Waals surface area (Å²) in [5, 5.41) is 16.0. The van der Waals surface area contributed by atoms with Gasteiger partial charge in [-0.05, 0) is 30.2 Å². The minimum Gasteiger partial charge on any atom is -0.374 e. The van der Waals surface area contributed by atoms with E-state index in [4.69, 9.17) is 0 Å². The summed E-state index contributed by atoms with van der Waals surface area (Å²) >= 11 is 0. The zero-order valence-electron chi connectivity index (χ0n) is 15.0. The molecular formula is C21H16FN5O. The van der Waals surface area contributed by atoms with Gasteiger partial charge in [-0.15, -0.1) is 5.10 Å². The number of hydrogen-bond donors (Lipinski definition) is 2. The minimum absolute atomic E-state index is 0.0580. The molecule has 3 heterocycles. The number of halogens is 1. The highest BCUT2D eigenvalue weighted by Crippen LogP contribution is 2.44. The Bertz CT molecular complexity index is 1230. The van der Waals surface area contributed by atoms with Gasteiger partial charge in [0.2, 0.25) is 0 Å². The van der Waals surface area contributed by atoms with Crippen molar-refractivity contribution in [1.29, 1.82) is 0 Å². The van der Waals surface area contributed by atoms with Gasteiger partial charge in [-0.2, -0.15) is 10.0 Å². The number of H-pyrrole nitrogens is 1. The van der Waals surface area contributed by atoms with Gasteiger partial charge < -0.3 is 10.3 Å². The monoisotopic (exact) mass is 373 g/mol. The highest BCUT2D eigenvalue weighted by atomic mass is 19.1. The van der Waals surface area contributed by atoms with Crippen LogP contribution in [0.4, 0.5) is 10.1 Å². The first-order chi connectivity index (χ1) is 13.7. The van der Waals surface area contributed by atoms with Crippen molar-refractivity contribution in [2.45, 2.75) is 19.5 Å². The lowest BCUT2D eigenvalue weighted by molar-refractivity contribution is 0.617. The molecule has 0 radical (unpaired) electrons. The van der Waals surface area contributed by atoms with Gasteiger partial charge in [-0.25, -0.2) is 4.39 Å². The molecule has 2 aromatic heterocycles. The van der Waals surface area contributed by atoms with E-state index in [1.54, 1.807) is 13.0 Å². The number of nitrogens with zero attached hydrogens (tertiary/aromatic N) is 3. The predicted octanol–water partition coefficient (Wildman–Crippen LogP) is 4.85. The number of aromatic amines is 1. The van der Waals surface area contributed by atoms with E-state index in [-0.39, 0.29) is 18.4 Å². The number of nitroso groups, excluding NO2 is 1. The second-order valence-electron chi connectivity index (χ2n) is 6.91. The van der Waals surface area contributed by atoms with E-state index in [1.165, 1.54) is 6.07 Å². The number of anilines is 1. The summed E-state index contributed by atoms with van der Waals surface area (Å²) in [6.07, 6.45) is 1.89. The van der Waals surface area contributed by atoms with Crippen LogP contribution in [0, 0.1) is 17.6 Å². The van der Waals surface area contributed by atoms with Gasteiger partial charge in [0, 0.05) is 34.0 Å². The topological polar surface area (TPSA) is 83.0 Å². The number of fused-ring (bicyclic) bond motifs is 2. The molecule has 7 heteroatoms. The van der Waals surface area contributed by atoms with Crippen molar-refractivity contribution >= 4 is 16.7 Å². The zero-order valence-corrected chi connectivity index (χ0v) is 15.0. The van der Waals surface area contributed by atoms with Crippen molar-refractivity contribution in [3.63, 3.8) is 0 Å². The Morgan fingerprint density at radius 2 is 2.04 bits per heavy atom. The van der Waals surface area contributed by atoms with Crippen molar-refractivity contribution in [3.05, 3.63) is 81.8 Å². The van der Waals surface area contributed by atoms with Crippen LogP contribution >= 0.6 is 0 Å². The van der Waals surface area contributed by atoms with Crippen LogP contribution in [0.5, 0.6) is 0 Å². The number of rotatable bonds is 3. The van der Waals surface area contributed by atoms with Crippen molar-refractivity contribution < 1.29 is 4.39 Å². The average Bonchev–Trinajstić information content (AvgIpc) is 3.06. The summed E-state index contributed by atoms with van der Waals surface area (Å²) in [6.45, 7) is 1.70. The lowest BCUT2D eigenvalue weighted by Crippen LogP contribution is -2.11. The van der Waals surface area contributed by atoms with Crippen LogP contribution < -0.4 is 5.32 Å². The molecule has 6 nitrogen and oxygen atoms in total. The molecule has 0 saturated heterocycles. The van der Waals surface area contributed by atoms with E-state index >= 15 is 0 Å². The summed E-state index contributed by atoms with van der Waals surface area (Å²) < 4.78 is 13.8. The Morgan fingerprint density at radius 3 is 2.86 bits per heavy atom. The van der Waals surface area contributed by atoms with E-state index < -0.39 is 0 Å². The van der Waals surface area contributed by atoms with Crippen molar-refractivity contribution in [1.82, 2.24) is 15.2 Å². The van der Waals surface area contributed by atoms with Crippen LogP contribution in [-0.4, -0.2) is 15.2 Å². The van der Waals surface area contributed by atoms with E-state index in [0.717, 1.165) is 33.3 Å². The van der Waals surface area contributed by atoms with E-state index in [2.05, 4.69) is 25.7 Å². The second kappa shape index (κ2) is 6.23. The Hall–Kier alpha value is -3.61. The highest BCUT2D eigenvalue weighted by Gasteiger charge is 2.28. The first-order valence-corrected chi connectivity index (χ1v) is 8.95. The van der Waals surface area contributed by atoms with E-state index in [9.17, 15) is 9.30 Å². The first kappa shape index (κ1) is 16.6. The number of para-hydroxylation sites is 1. The molecule has 0 saturated carbocycles. The highest BCUT2D eigenvalue weighted by molar-refractivity contribution is 6.02. The van der Waals surface area contributed by atoms with Gasteiger partial charge >= 0.3 is 0 Å². The zero-order chi connectivity index (χ0) is 19.3. The van der Waals surface area contributed by atoms with Gasteiger partial charge in [-0.1, -0.05) is 35.5 Å². The smallest absolute Gasteiger partial charge is 0.160 e. The fraction of sp³-hybridized carbons (Fsp3) is 0.143. The van der Waals surface area contributed by atoms with Crippen LogP contribution in [-0.2, 0) is 6.54 Å². The number of aryl methyl sites for hydroxylation is 1. The quantitative estimate of drug-likeness (QED) is 0.503. The standard InChI is InChI=1S/C21H16FN5O/c1-11-8-12(6-7-15(11)22)20-14-9-23-21-19(14)18(17(10-24-28)26-27-21)13-4-2-3-5-16(13)25-20/h2-9,20,25H,10H2,1H3,(H,23,27).